The van der Waals surface area contributed by atoms with Crippen molar-refractivity contribution in [2.75, 3.05) is 0 Å². The number of halogens is 1. The van der Waals surface area contributed by atoms with Crippen LogP contribution in [0, 0.1) is 13.8 Å². The number of hydrogen-bond donors (Lipinski definition) is 0. The van der Waals surface area contributed by atoms with Crippen molar-refractivity contribution in [2.24, 2.45) is 0 Å². The van der Waals surface area contributed by atoms with Crippen molar-refractivity contribution >= 4 is 22.9 Å². The van der Waals surface area contributed by atoms with Gasteiger partial charge in [-0.2, -0.15) is 0 Å². The molecule has 1 aromatic heterocycles. The molecule has 0 spiro atoms. The fourth-order valence-corrected chi connectivity index (χ4v) is 2.40. The highest BCUT2D eigenvalue weighted by Crippen LogP contribution is 2.26. The highest BCUT2D eigenvalue weighted by Gasteiger charge is 2.06. The van der Waals surface area contributed by atoms with E-state index in [0.29, 0.717) is 5.88 Å². The summed E-state index contributed by atoms with van der Waals surface area (Å²) in [6, 6.07) is 6.42. The molecule has 1 nitrogen and oxygen atoms in total. The lowest BCUT2D eigenvalue weighted by molar-refractivity contribution is 1.25. The summed E-state index contributed by atoms with van der Waals surface area (Å²) in [4.78, 5) is 4.49. The Morgan fingerprint density at radius 2 is 2.13 bits per heavy atom. The van der Waals surface area contributed by atoms with Gasteiger partial charge in [0.1, 0.15) is 5.01 Å². The quantitative estimate of drug-likeness (QED) is 0.715. The van der Waals surface area contributed by atoms with Crippen LogP contribution in [0.1, 0.15) is 16.1 Å². The largest absolute Gasteiger partial charge is 0.240 e. The van der Waals surface area contributed by atoms with Crippen molar-refractivity contribution in [1.82, 2.24) is 4.98 Å². The standard InChI is InChI=1S/C12H12ClNS/c1-8-3-4-9(2)10(5-8)11-7-15-12(6-13)14-11/h3-5,7H,6H2,1-2H3. The molecule has 0 atom stereocenters. The van der Waals surface area contributed by atoms with E-state index >= 15 is 0 Å². The van der Waals surface area contributed by atoms with E-state index < -0.39 is 0 Å². The minimum atomic E-state index is 0.496. The molecule has 0 radical (unpaired) electrons. The third-order valence-electron chi connectivity index (χ3n) is 2.34. The van der Waals surface area contributed by atoms with Crippen molar-refractivity contribution in [2.45, 2.75) is 19.7 Å². The third kappa shape index (κ3) is 2.21. The highest BCUT2D eigenvalue weighted by atomic mass is 35.5. The predicted molar refractivity (Wildman–Crippen MR) is 66.6 cm³/mol. The first-order valence-corrected chi connectivity index (χ1v) is 6.20. The fraction of sp³-hybridized carbons (Fsp3) is 0.250. The van der Waals surface area contributed by atoms with Gasteiger partial charge in [-0.3, -0.25) is 0 Å². The van der Waals surface area contributed by atoms with Gasteiger partial charge in [-0.25, -0.2) is 4.98 Å². The molecule has 78 valence electrons. The topological polar surface area (TPSA) is 12.9 Å². The zero-order valence-corrected chi connectivity index (χ0v) is 10.3. The van der Waals surface area contributed by atoms with Crippen LogP contribution in [0.15, 0.2) is 23.6 Å². The van der Waals surface area contributed by atoms with Gasteiger partial charge in [0.25, 0.3) is 0 Å². The van der Waals surface area contributed by atoms with Crippen LogP contribution in [0.3, 0.4) is 0 Å². The Balaban J connectivity index is 2.48. The molecule has 0 aliphatic carbocycles. The highest BCUT2D eigenvalue weighted by molar-refractivity contribution is 7.10. The van der Waals surface area contributed by atoms with E-state index in [1.165, 1.54) is 16.7 Å². The molecule has 2 rings (SSSR count). The Kier molecular flexibility index (Phi) is 3.08. The van der Waals surface area contributed by atoms with Gasteiger partial charge >= 0.3 is 0 Å². The molecule has 0 unspecified atom stereocenters. The van der Waals surface area contributed by atoms with Gasteiger partial charge in [-0.1, -0.05) is 17.7 Å². The Hall–Kier alpha value is -0.860. The van der Waals surface area contributed by atoms with Gasteiger partial charge < -0.3 is 0 Å². The Morgan fingerprint density at radius 1 is 1.33 bits per heavy atom. The van der Waals surface area contributed by atoms with Crippen LogP contribution in [-0.2, 0) is 5.88 Å². The zero-order valence-electron chi connectivity index (χ0n) is 8.75. The second-order valence-electron chi connectivity index (χ2n) is 3.58. The number of rotatable bonds is 2. The monoisotopic (exact) mass is 237 g/mol. The van der Waals surface area contributed by atoms with E-state index in [9.17, 15) is 0 Å². The van der Waals surface area contributed by atoms with Crippen molar-refractivity contribution in [3.63, 3.8) is 0 Å². The molecule has 0 bridgehead atoms. The normalized spacial score (nSPS) is 10.6. The Labute approximate surface area is 98.7 Å². The maximum atomic E-state index is 5.75. The number of aromatic nitrogens is 1. The van der Waals surface area contributed by atoms with E-state index in [4.69, 9.17) is 11.6 Å². The van der Waals surface area contributed by atoms with E-state index in [0.717, 1.165) is 10.7 Å². The number of nitrogens with zero attached hydrogens (tertiary/aromatic N) is 1. The minimum absolute atomic E-state index is 0.496. The van der Waals surface area contributed by atoms with Crippen LogP contribution in [0.2, 0.25) is 0 Å². The summed E-state index contributed by atoms with van der Waals surface area (Å²) < 4.78 is 0. The first-order chi connectivity index (χ1) is 7.20. The van der Waals surface area contributed by atoms with Crippen LogP contribution in [0.4, 0.5) is 0 Å². The molecule has 0 fully saturated rings. The Morgan fingerprint density at radius 3 is 2.80 bits per heavy atom. The molecule has 15 heavy (non-hydrogen) atoms. The van der Waals surface area contributed by atoms with Crippen molar-refractivity contribution in [1.29, 1.82) is 0 Å². The maximum absolute atomic E-state index is 5.75. The van der Waals surface area contributed by atoms with Crippen LogP contribution >= 0.6 is 22.9 Å². The first kappa shape index (κ1) is 10.7. The summed E-state index contributed by atoms with van der Waals surface area (Å²) in [5.41, 5.74) is 4.77. The summed E-state index contributed by atoms with van der Waals surface area (Å²) >= 11 is 7.36. The number of hydrogen-bond acceptors (Lipinski definition) is 2. The average molecular weight is 238 g/mol. The molecule has 0 saturated heterocycles. The smallest absolute Gasteiger partial charge is 0.108 e. The molecule has 0 N–H and O–H groups in total. The summed E-state index contributed by atoms with van der Waals surface area (Å²) in [5, 5.41) is 3.05. The molecule has 0 aliphatic heterocycles. The van der Waals surface area contributed by atoms with E-state index in [-0.39, 0.29) is 0 Å². The number of thiazole rings is 1. The molecular formula is C12H12ClNS. The fourth-order valence-electron chi connectivity index (χ4n) is 1.51. The minimum Gasteiger partial charge on any atom is -0.240 e. The molecule has 1 heterocycles. The van der Waals surface area contributed by atoms with E-state index in [1.807, 2.05) is 0 Å². The summed E-state index contributed by atoms with van der Waals surface area (Å²) in [5.74, 6) is 0.496. The lowest BCUT2D eigenvalue weighted by atomic mass is 10.0. The van der Waals surface area contributed by atoms with Crippen LogP contribution in [0.5, 0.6) is 0 Å². The molecule has 2 aromatic rings. The number of alkyl halides is 1. The second-order valence-corrected chi connectivity index (χ2v) is 4.79. The Bertz CT molecular complexity index is 476. The van der Waals surface area contributed by atoms with Gasteiger partial charge in [0.2, 0.25) is 0 Å². The molecule has 0 amide bonds. The summed E-state index contributed by atoms with van der Waals surface area (Å²) in [7, 11) is 0. The average Bonchev–Trinajstić information content (AvgIpc) is 2.70. The summed E-state index contributed by atoms with van der Waals surface area (Å²) in [6.45, 7) is 4.20. The molecule has 1 aromatic carbocycles. The maximum Gasteiger partial charge on any atom is 0.108 e. The zero-order chi connectivity index (χ0) is 10.8. The van der Waals surface area contributed by atoms with Crippen LogP contribution in [-0.4, -0.2) is 4.98 Å². The van der Waals surface area contributed by atoms with E-state index in [2.05, 4.69) is 42.4 Å². The molecule has 0 saturated carbocycles. The van der Waals surface area contributed by atoms with Gasteiger partial charge in [0, 0.05) is 10.9 Å². The van der Waals surface area contributed by atoms with Gasteiger partial charge in [0.05, 0.1) is 11.6 Å². The lowest BCUT2D eigenvalue weighted by Gasteiger charge is -2.03. The van der Waals surface area contributed by atoms with Crippen molar-refractivity contribution in [3.8, 4) is 11.3 Å². The van der Waals surface area contributed by atoms with E-state index in [1.54, 1.807) is 11.3 Å². The third-order valence-corrected chi connectivity index (χ3v) is 3.60. The predicted octanol–water partition coefficient (Wildman–Crippen LogP) is 4.17. The second kappa shape index (κ2) is 4.33. The SMILES string of the molecule is Cc1ccc(C)c(-c2csc(CCl)n2)c1. The molecular weight excluding hydrogens is 226 g/mol. The molecule has 0 aliphatic rings. The van der Waals surface area contributed by atoms with Crippen molar-refractivity contribution < 1.29 is 0 Å². The van der Waals surface area contributed by atoms with Crippen LogP contribution < -0.4 is 0 Å². The van der Waals surface area contributed by atoms with Gasteiger partial charge in [0.15, 0.2) is 0 Å². The van der Waals surface area contributed by atoms with Crippen molar-refractivity contribution in [3.05, 3.63) is 39.7 Å². The van der Waals surface area contributed by atoms with Gasteiger partial charge in [-0.15, -0.1) is 22.9 Å². The lowest BCUT2D eigenvalue weighted by Crippen LogP contribution is -1.85. The van der Waals surface area contributed by atoms with Crippen LogP contribution in [0.25, 0.3) is 11.3 Å². The number of benzene rings is 1. The van der Waals surface area contributed by atoms with Gasteiger partial charge in [-0.05, 0) is 25.5 Å². The molecule has 3 heteroatoms. The number of aryl methyl sites for hydroxylation is 2. The summed E-state index contributed by atoms with van der Waals surface area (Å²) in [6.07, 6.45) is 0. The first-order valence-electron chi connectivity index (χ1n) is 4.78.